The zero-order valence-corrected chi connectivity index (χ0v) is 19.6. The number of methoxy groups -OCH3 is 2. The fourth-order valence-electron chi connectivity index (χ4n) is 4.18. The highest BCUT2D eigenvalue weighted by Gasteiger charge is 2.42. The first-order valence-corrected chi connectivity index (χ1v) is 10.8. The number of aromatic hydroxyl groups is 1. The summed E-state index contributed by atoms with van der Waals surface area (Å²) in [4.78, 5) is 30.9. The lowest BCUT2D eigenvalue weighted by molar-refractivity contribution is -0.145. The summed E-state index contributed by atoms with van der Waals surface area (Å²) in [5, 5.41) is 11.5. The lowest BCUT2D eigenvalue weighted by Gasteiger charge is -2.27. The van der Waals surface area contributed by atoms with E-state index in [0.29, 0.717) is 37.3 Å². The number of carbonyl (C=O) groups excluding carboxylic acids is 2. The molecule has 1 aliphatic heterocycles. The van der Waals surface area contributed by atoms with E-state index in [-0.39, 0.29) is 11.7 Å². The quantitative estimate of drug-likeness (QED) is 0.696. The molecule has 1 aliphatic rings. The van der Waals surface area contributed by atoms with Gasteiger partial charge in [0.05, 0.1) is 25.4 Å². The molecular weight excluding hydrogens is 412 g/mol. The number of pyridine rings is 1. The maximum Gasteiger partial charge on any atom is 0.411 e. The van der Waals surface area contributed by atoms with E-state index in [4.69, 9.17) is 14.2 Å². The van der Waals surface area contributed by atoms with Crippen LogP contribution in [0.1, 0.15) is 44.9 Å². The van der Waals surface area contributed by atoms with Crippen LogP contribution in [-0.2, 0) is 20.7 Å². The highest BCUT2D eigenvalue weighted by molar-refractivity contribution is 5.86. The molecule has 0 radical (unpaired) electrons. The Bertz CT molecular complexity index is 1010. The van der Waals surface area contributed by atoms with Gasteiger partial charge in [0.25, 0.3) is 0 Å². The maximum absolute atomic E-state index is 12.7. The molecule has 8 nitrogen and oxygen atoms in total. The van der Waals surface area contributed by atoms with Crippen molar-refractivity contribution in [1.82, 2.24) is 9.88 Å². The van der Waals surface area contributed by atoms with E-state index in [2.05, 4.69) is 4.98 Å². The van der Waals surface area contributed by atoms with E-state index in [9.17, 15) is 14.7 Å². The minimum Gasteiger partial charge on any atom is -0.506 e. The standard InChI is InChI=1S/C24H32N2O6/c1-14-21(27)17(18-12-16(30-5)8-10-19(18)25-14)9-7-15-11-20(22(28)31-6)26(13-15)23(29)32-24(2,3)4/h8,10,12,15,20,27H,7,9,11,13H2,1-6H3/t15-,20-/m0/s1. The predicted octanol–water partition coefficient (Wildman–Crippen LogP) is 3.99. The number of ether oxygens (including phenoxy) is 3. The summed E-state index contributed by atoms with van der Waals surface area (Å²) in [5.41, 5.74) is 1.47. The van der Waals surface area contributed by atoms with Crippen LogP contribution in [0.5, 0.6) is 11.5 Å². The van der Waals surface area contributed by atoms with E-state index in [0.717, 1.165) is 16.5 Å². The number of aromatic nitrogens is 1. The SMILES string of the molecule is COC(=O)[C@@H]1C[C@H](CCc2c(O)c(C)nc3ccc(OC)cc23)CN1C(=O)OC(C)(C)C. The maximum atomic E-state index is 12.7. The summed E-state index contributed by atoms with van der Waals surface area (Å²) in [6.07, 6.45) is 1.21. The fourth-order valence-corrected chi connectivity index (χ4v) is 4.18. The van der Waals surface area contributed by atoms with Crippen molar-refractivity contribution in [2.45, 2.75) is 58.6 Å². The molecule has 1 aromatic carbocycles. The van der Waals surface area contributed by atoms with Gasteiger partial charge < -0.3 is 19.3 Å². The highest BCUT2D eigenvalue weighted by atomic mass is 16.6. The number of aryl methyl sites for hydroxylation is 2. The molecular formula is C24H32N2O6. The summed E-state index contributed by atoms with van der Waals surface area (Å²) < 4.78 is 15.8. The normalized spacial score (nSPS) is 18.6. The van der Waals surface area contributed by atoms with Crippen molar-refractivity contribution in [2.75, 3.05) is 20.8 Å². The molecule has 8 heteroatoms. The summed E-state index contributed by atoms with van der Waals surface area (Å²) in [6.45, 7) is 7.54. The molecule has 0 bridgehead atoms. The predicted molar refractivity (Wildman–Crippen MR) is 120 cm³/mol. The van der Waals surface area contributed by atoms with Gasteiger partial charge in [-0.1, -0.05) is 0 Å². The molecule has 0 spiro atoms. The van der Waals surface area contributed by atoms with Crippen molar-refractivity contribution in [1.29, 1.82) is 0 Å². The first kappa shape index (κ1) is 23.6. The van der Waals surface area contributed by atoms with Crippen LogP contribution < -0.4 is 4.74 Å². The van der Waals surface area contributed by atoms with Gasteiger partial charge in [-0.2, -0.15) is 0 Å². The van der Waals surface area contributed by atoms with Crippen LogP contribution in [0.4, 0.5) is 4.79 Å². The number of amides is 1. The van der Waals surface area contributed by atoms with Crippen LogP contribution in [-0.4, -0.2) is 59.5 Å². The van der Waals surface area contributed by atoms with E-state index in [1.165, 1.54) is 12.0 Å². The van der Waals surface area contributed by atoms with Gasteiger partial charge in [-0.05, 0) is 71.1 Å². The molecule has 1 fully saturated rings. The molecule has 3 rings (SSSR count). The third kappa shape index (κ3) is 5.06. The van der Waals surface area contributed by atoms with Gasteiger partial charge in [0.1, 0.15) is 23.1 Å². The van der Waals surface area contributed by atoms with Crippen LogP contribution in [0.3, 0.4) is 0 Å². The Balaban J connectivity index is 1.82. The van der Waals surface area contributed by atoms with E-state index >= 15 is 0 Å². The van der Waals surface area contributed by atoms with Gasteiger partial charge in [-0.3, -0.25) is 4.90 Å². The van der Waals surface area contributed by atoms with Crippen LogP contribution >= 0.6 is 0 Å². The van der Waals surface area contributed by atoms with Gasteiger partial charge in [-0.15, -0.1) is 0 Å². The Morgan fingerprint density at radius 1 is 1.25 bits per heavy atom. The number of hydrogen-bond acceptors (Lipinski definition) is 7. The lowest BCUT2D eigenvalue weighted by Crippen LogP contribution is -2.43. The highest BCUT2D eigenvalue weighted by Crippen LogP contribution is 2.35. The number of hydrogen-bond donors (Lipinski definition) is 1. The monoisotopic (exact) mass is 444 g/mol. The largest absolute Gasteiger partial charge is 0.506 e. The molecule has 1 aromatic heterocycles. The molecule has 1 saturated heterocycles. The number of carbonyl (C=O) groups is 2. The smallest absolute Gasteiger partial charge is 0.411 e. The van der Waals surface area contributed by atoms with Gasteiger partial charge in [-0.25, -0.2) is 14.6 Å². The van der Waals surface area contributed by atoms with Crippen LogP contribution in [0, 0.1) is 12.8 Å². The average Bonchev–Trinajstić information content (AvgIpc) is 3.16. The van der Waals surface area contributed by atoms with E-state index in [1.807, 2.05) is 18.2 Å². The topological polar surface area (TPSA) is 98.2 Å². The van der Waals surface area contributed by atoms with Crippen LogP contribution in [0.25, 0.3) is 10.9 Å². The zero-order valence-electron chi connectivity index (χ0n) is 19.6. The molecule has 174 valence electrons. The van der Waals surface area contributed by atoms with E-state index in [1.54, 1.807) is 34.8 Å². The molecule has 0 saturated carbocycles. The fraction of sp³-hybridized carbons (Fsp3) is 0.542. The van der Waals surface area contributed by atoms with Crippen molar-refractivity contribution >= 4 is 23.0 Å². The number of rotatable bonds is 5. The molecule has 32 heavy (non-hydrogen) atoms. The van der Waals surface area contributed by atoms with Crippen LogP contribution in [0.2, 0.25) is 0 Å². The van der Waals surface area contributed by atoms with Crippen LogP contribution in [0.15, 0.2) is 18.2 Å². The summed E-state index contributed by atoms with van der Waals surface area (Å²) in [5.74, 6) is 0.458. The average molecular weight is 445 g/mol. The Morgan fingerprint density at radius 3 is 2.59 bits per heavy atom. The molecule has 1 amide bonds. The second-order valence-electron chi connectivity index (χ2n) is 9.22. The molecule has 2 aromatic rings. The number of benzene rings is 1. The Kier molecular flexibility index (Phi) is 6.81. The zero-order chi connectivity index (χ0) is 23.6. The molecule has 2 heterocycles. The Labute approximate surface area is 188 Å². The van der Waals surface area contributed by atoms with Gasteiger partial charge in [0.2, 0.25) is 0 Å². The second kappa shape index (κ2) is 9.22. The summed E-state index contributed by atoms with van der Waals surface area (Å²) >= 11 is 0. The minimum atomic E-state index is -0.676. The molecule has 0 aliphatic carbocycles. The number of nitrogens with zero attached hydrogens (tertiary/aromatic N) is 2. The third-order valence-corrected chi connectivity index (χ3v) is 5.74. The van der Waals surface area contributed by atoms with Gasteiger partial charge in [0.15, 0.2) is 0 Å². The van der Waals surface area contributed by atoms with Gasteiger partial charge >= 0.3 is 12.1 Å². The van der Waals surface area contributed by atoms with E-state index < -0.39 is 23.7 Å². The van der Waals surface area contributed by atoms with Gasteiger partial charge in [0, 0.05) is 17.5 Å². The summed E-state index contributed by atoms with van der Waals surface area (Å²) in [6, 6.07) is 4.91. The third-order valence-electron chi connectivity index (χ3n) is 5.74. The van der Waals surface area contributed by atoms with Crippen molar-refractivity contribution < 1.29 is 28.9 Å². The van der Waals surface area contributed by atoms with Crippen molar-refractivity contribution in [3.05, 3.63) is 29.5 Å². The first-order chi connectivity index (χ1) is 15.0. The number of likely N-dealkylation sites (tertiary alicyclic amines) is 1. The lowest BCUT2D eigenvalue weighted by atomic mass is 9.94. The first-order valence-electron chi connectivity index (χ1n) is 10.8. The minimum absolute atomic E-state index is 0.0557. The molecule has 2 atom stereocenters. The van der Waals surface area contributed by atoms with Crippen molar-refractivity contribution in [2.24, 2.45) is 5.92 Å². The number of esters is 1. The Morgan fingerprint density at radius 2 is 1.97 bits per heavy atom. The molecule has 0 unspecified atom stereocenters. The number of fused-ring (bicyclic) bond motifs is 1. The van der Waals surface area contributed by atoms with Crippen molar-refractivity contribution in [3.63, 3.8) is 0 Å². The Hall–Kier alpha value is -3.03. The second-order valence-corrected chi connectivity index (χ2v) is 9.22. The molecule has 1 N–H and O–H groups in total. The van der Waals surface area contributed by atoms with Crippen molar-refractivity contribution in [3.8, 4) is 11.5 Å². The summed E-state index contributed by atoms with van der Waals surface area (Å²) in [7, 11) is 2.92.